The molecule has 0 aromatic carbocycles. The van der Waals surface area contributed by atoms with E-state index in [4.69, 9.17) is 0 Å². The summed E-state index contributed by atoms with van der Waals surface area (Å²) in [5.41, 5.74) is -0.752. The van der Waals surface area contributed by atoms with Gasteiger partial charge in [0.1, 0.15) is 0 Å². The topological polar surface area (TPSA) is 74.7 Å². The van der Waals surface area contributed by atoms with E-state index >= 15 is 0 Å². The molecule has 0 radical (unpaired) electrons. The van der Waals surface area contributed by atoms with Crippen LogP contribution in [-0.2, 0) is 14.6 Å². The standard InChI is InChI=1S/C15H27NO4S/c1-15(2,14(17)18)11-6-5-9-16(10-11)12-7-4-8-13(12)21(3,19)20/h11-13H,4-10H2,1-3H3,(H,17,18). The van der Waals surface area contributed by atoms with Crippen molar-refractivity contribution in [3.8, 4) is 0 Å². The van der Waals surface area contributed by atoms with Crippen molar-refractivity contribution >= 4 is 15.8 Å². The van der Waals surface area contributed by atoms with Gasteiger partial charge in [-0.05, 0) is 52.0 Å². The molecule has 0 aromatic heterocycles. The highest BCUT2D eigenvalue weighted by Gasteiger charge is 2.44. The van der Waals surface area contributed by atoms with E-state index in [0.29, 0.717) is 6.54 Å². The summed E-state index contributed by atoms with van der Waals surface area (Å²) in [7, 11) is -3.03. The SMILES string of the molecule is CC(C)(C(=O)O)C1CCCN(C2CCCC2S(C)(=O)=O)C1. The minimum absolute atomic E-state index is 0.0763. The number of carboxylic acid groups (broad SMARTS) is 1. The number of hydrogen-bond donors (Lipinski definition) is 1. The Kier molecular flexibility index (Phi) is 4.69. The van der Waals surface area contributed by atoms with Gasteiger partial charge >= 0.3 is 5.97 Å². The maximum absolute atomic E-state index is 12.0. The predicted molar refractivity (Wildman–Crippen MR) is 82.0 cm³/mol. The lowest BCUT2D eigenvalue weighted by atomic mass is 9.74. The van der Waals surface area contributed by atoms with Gasteiger partial charge in [-0.15, -0.1) is 0 Å². The molecule has 2 rings (SSSR count). The molecule has 0 bridgehead atoms. The normalized spacial score (nSPS) is 32.2. The second-order valence-corrected chi connectivity index (χ2v) is 9.49. The number of nitrogens with zero attached hydrogens (tertiary/aromatic N) is 1. The molecule has 0 amide bonds. The Morgan fingerprint density at radius 1 is 1.19 bits per heavy atom. The third-order valence-electron chi connectivity index (χ3n) is 5.46. The largest absolute Gasteiger partial charge is 0.481 e. The Bertz CT molecular complexity index is 500. The lowest BCUT2D eigenvalue weighted by Crippen LogP contribution is -2.51. The zero-order valence-electron chi connectivity index (χ0n) is 13.2. The van der Waals surface area contributed by atoms with E-state index < -0.39 is 21.2 Å². The number of carbonyl (C=O) groups is 1. The summed E-state index contributed by atoms with van der Waals surface area (Å²) in [6, 6.07) is 0.0763. The first-order chi connectivity index (χ1) is 9.64. The summed E-state index contributed by atoms with van der Waals surface area (Å²) >= 11 is 0. The Morgan fingerprint density at radius 3 is 2.43 bits per heavy atom. The molecule has 1 aliphatic heterocycles. The van der Waals surface area contributed by atoms with E-state index in [-0.39, 0.29) is 17.2 Å². The summed E-state index contributed by atoms with van der Waals surface area (Å²) in [5.74, 6) is -0.676. The van der Waals surface area contributed by atoms with Crippen LogP contribution in [0, 0.1) is 11.3 Å². The van der Waals surface area contributed by atoms with Gasteiger partial charge in [-0.1, -0.05) is 6.42 Å². The number of hydrogen-bond acceptors (Lipinski definition) is 4. The van der Waals surface area contributed by atoms with E-state index in [2.05, 4.69) is 4.90 Å². The molecule has 3 unspecified atom stereocenters. The summed E-state index contributed by atoms with van der Waals surface area (Å²) < 4.78 is 23.9. The molecule has 5 nitrogen and oxygen atoms in total. The Balaban J connectivity index is 2.13. The molecule has 0 aromatic rings. The number of sulfone groups is 1. The third kappa shape index (κ3) is 3.42. The van der Waals surface area contributed by atoms with Crippen molar-refractivity contribution in [2.45, 2.75) is 57.2 Å². The van der Waals surface area contributed by atoms with Crippen molar-refractivity contribution in [2.75, 3.05) is 19.3 Å². The highest BCUT2D eigenvalue weighted by molar-refractivity contribution is 7.91. The van der Waals surface area contributed by atoms with Gasteiger partial charge in [0.15, 0.2) is 9.84 Å². The molecule has 3 atom stereocenters. The first-order valence-corrected chi connectivity index (χ1v) is 9.76. The lowest BCUT2D eigenvalue weighted by Gasteiger charge is -2.43. The van der Waals surface area contributed by atoms with Crippen LogP contribution in [0.15, 0.2) is 0 Å². The average molecular weight is 317 g/mol. The van der Waals surface area contributed by atoms with E-state index in [9.17, 15) is 18.3 Å². The smallest absolute Gasteiger partial charge is 0.309 e. The van der Waals surface area contributed by atoms with Gasteiger partial charge in [0.25, 0.3) is 0 Å². The van der Waals surface area contributed by atoms with Crippen LogP contribution in [0.1, 0.15) is 46.0 Å². The summed E-state index contributed by atoms with van der Waals surface area (Å²) in [5, 5.41) is 9.14. The van der Waals surface area contributed by atoms with Gasteiger partial charge in [-0.25, -0.2) is 8.42 Å². The molecule has 2 fully saturated rings. The summed E-state index contributed by atoms with van der Waals surface area (Å²) in [4.78, 5) is 13.7. The van der Waals surface area contributed by atoms with Crippen LogP contribution in [0.25, 0.3) is 0 Å². The van der Waals surface area contributed by atoms with Crippen molar-refractivity contribution < 1.29 is 18.3 Å². The Hall–Kier alpha value is -0.620. The number of likely N-dealkylation sites (tertiary alicyclic amines) is 1. The number of piperidine rings is 1. The number of rotatable bonds is 4. The average Bonchev–Trinajstić information content (AvgIpc) is 2.87. The molecule has 1 N–H and O–H groups in total. The van der Waals surface area contributed by atoms with Crippen molar-refractivity contribution in [1.29, 1.82) is 0 Å². The highest BCUT2D eigenvalue weighted by Crippen LogP contribution is 2.38. The lowest BCUT2D eigenvalue weighted by molar-refractivity contribution is -0.151. The first kappa shape index (κ1) is 16.7. The fraction of sp³-hybridized carbons (Fsp3) is 0.933. The van der Waals surface area contributed by atoms with Gasteiger partial charge in [0.05, 0.1) is 10.7 Å². The zero-order valence-corrected chi connectivity index (χ0v) is 14.0. The molecule has 1 saturated carbocycles. The highest BCUT2D eigenvalue weighted by atomic mass is 32.2. The quantitative estimate of drug-likeness (QED) is 0.855. The van der Waals surface area contributed by atoms with Crippen molar-refractivity contribution in [3.63, 3.8) is 0 Å². The molecule has 1 saturated heterocycles. The number of aliphatic carboxylic acids is 1. The minimum Gasteiger partial charge on any atom is -0.481 e. The molecule has 2 aliphatic rings. The van der Waals surface area contributed by atoms with Crippen molar-refractivity contribution in [1.82, 2.24) is 4.90 Å². The Labute approximate surface area is 127 Å². The van der Waals surface area contributed by atoms with Gasteiger partial charge in [-0.3, -0.25) is 9.69 Å². The second kappa shape index (κ2) is 5.88. The molecule has 6 heteroatoms. The predicted octanol–water partition coefficient (Wildman–Crippen LogP) is 1.77. The van der Waals surface area contributed by atoms with Crippen LogP contribution in [0.3, 0.4) is 0 Å². The minimum atomic E-state index is -3.03. The molecule has 1 heterocycles. The maximum Gasteiger partial charge on any atom is 0.309 e. The van der Waals surface area contributed by atoms with Gasteiger partial charge < -0.3 is 5.11 Å². The van der Waals surface area contributed by atoms with Crippen molar-refractivity contribution in [2.24, 2.45) is 11.3 Å². The van der Waals surface area contributed by atoms with Crippen LogP contribution in [-0.4, -0.2) is 55.0 Å². The third-order valence-corrected chi connectivity index (χ3v) is 7.11. The monoisotopic (exact) mass is 317 g/mol. The molecular formula is C15H27NO4S. The van der Waals surface area contributed by atoms with E-state index in [1.165, 1.54) is 6.26 Å². The van der Waals surface area contributed by atoms with E-state index in [0.717, 1.165) is 38.6 Å². The Morgan fingerprint density at radius 2 is 1.86 bits per heavy atom. The fourth-order valence-corrected chi connectivity index (χ4v) is 5.37. The number of carboxylic acids is 1. The fourth-order valence-electron chi connectivity index (χ4n) is 3.89. The van der Waals surface area contributed by atoms with Crippen LogP contribution in [0.4, 0.5) is 0 Å². The van der Waals surface area contributed by atoms with Crippen LogP contribution >= 0.6 is 0 Å². The van der Waals surface area contributed by atoms with Crippen LogP contribution in [0.2, 0.25) is 0 Å². The van der Waals surface area contributed by atoms with Gasteiger partial charge in [0.2, 0.25) is 0 Å². The zero-order chi connectivity index (χ0) is 15.8. The van der Waals surface area contributed by atoms with Crippen LogP contribution < -0.4 is 0 Å². The van der Waals surface area contributed by atoms with E-state index in [1.807, 2.05) is 0 Å². The molecule has 1 aliphatic carbocycles. The summed E-state index contributed by atoms with van der Waals surface area (Å²) in [6.07, 6.45) is 5.80. The first-order valence-electron chi connectivity index (χ1n) is 7.80. The second-order valence-electron chi connectivity index (χ2n) is 7.23. The van der Waals surface area contributed by atoms with Crippen LogP contribution in [0.5, 0.6) is 0 Å². The molecule has 0 spiro atoms. The summed E-state index contributed by atoms with van der Waals surface area (Å²) in [6.45, 7) is 5.16. The van der Waals surface area contributed by atoms with Gasteiger partial charge in [-0.2, -0.15) is 0 Å². The van der Waals surface area contributed by atoms with Crippen molar-refractivity contribution in [3.05, 3.63) is 0 Å². The molecular weight excluding hydrogens is 290 g/mol. The van der Waals surface area contributed by atoms with Gasteiger partial charge in [0, 0.05) is 18.8 Å². The molecule has 122 valence electrons. The molecule has 21 heavy (non-hydrogen) atoms. The van der Waals surface area contributed by atoms with E-state index in [1.54, 1.807) is 13.8 Å². The maximum atomic E-state index is 12.0.